The number of fused-ring (bicyclic) bond motifs is 6. The number of rotatable bonds is 8. The second-order valence-corrected chi connectivity index (χ2v) is 20.3. The van der Waals surface area contributed by atoms with Crippen LogP contribution >= 0.6 is 0 Å². The minimum absolute atomic E-state index is 1.15. The molecule has 2 aromatic heterocycles. The van der Waals surface area contributed by atoms with Crippen LogP contribution in [0.3, 0.4) is 0 Å². The number of nitrogens with zero attached hydrogens (tertiary/aromatic N) is 2. The Kier molecular flexibility index (Phi) is 8.87. The number of aromatic nitrogens is 2. The Morgan fingerprint density at radius 2 is 0.540 bits per heavy atom. The van der Waals surface area contributed by atoms with Gasteiger partial charge in [-0.2, -0.15) is 0 Å². The summed E-state index contributed by atoms with van der Waals surface area (Å²) in [6, 6.07) is 94.3. The van der Waals surface area contributed by atoms with Crippen molar-refractivity contribution >= 4 is 72.4 Å². The lowest BCUT2D eigenvalue weighted by molar-refractivity contribution is 1.18. The molecule has 0 aliphatic carbocycles. The fourth-order valence-electron chi connectivity index (χ4n) is 10.2. The minimum Gasteiger partial charge on any atom is -0.309 e. The summed E-state index contributed by atoms with van der Waals surface area (Å²) in [6.45, 7) is 0. The Balaban J connectivity index is 1.08. The van der Waals surface area contributed by atoms with Crippen LogP contribution in [0.25, 0.3) is 77.2 Å². The van der Waals surface area contributed by atoms with E-state index in [1.165, 1.54) is 86.6 Å². The molecule has 63 heavy (non-hydrogen) atoms. The van der Waals surface area contributed by atoms with E-state index in [-0.39, 0.29) is 0 Å². The zero-order valence-electron chi connectivity index (χ0n) is 34.6. The Morgan fingerprint density at radius 1 is 0.222 bits per heavy atom. The van der Waals surface area contributed by atoms with Crippen molar-refractivity contribution in [1.82, 2.24) is 9.13 Å². The van der Waals surface area contributed by atoms with Crippen LogP contribution in [0.5, 0.6) is 0 Å². The zero-order valence-corrected chi connectivity index (χ0v) is 35.6. The Labute approximate surface area is 368 Å². The van der Waals surface area contributed by atoms with E-state index in [1.54, 1.807) is 0 Å². The highest BCUT2D eigenvalue weighted by Crippen LogP contribution is 2.35. The minimum atomic E-state index is -2.96. The van der Waals surface area contributed by atoms with Crippen molar-refractivity contribution in [2.45, 2.75) is 0 Å². The normalized spacial score (nSPS) is 11.8. The molecule has 0 radical (unpaired) electrons. The standard InChI is InChI=1S/C60H42N2Si/c1-5-17-43(18-6-1)45-29-33-47(34-30-45)61-57-27-15-13-25-53(57)55-41-51(37-39-59(55)61)63(49-21-9-3-10-22-49,50-23-11-4-12-24-50)52-38-40-60-56(42-52)54-26-14-16-28-58(54)62(60)48-35-31-46(32-36-48)44-19-7-2-8-20-44/h1-42H. The molecule has 2 heterocycles. The molecule has 0 aliphatic rings. The quantitative estimate of drug-likeness (QED) is 0.107. The lowest BCUT2D eigenvalue weighted by Crippen LogP contribution is -2.74. The van der Waals surface area contributed by atoms with Gasteiger partial charge in [0.2, 0.25) is 0 Å². The van der Waals surface area contributed by atoms with Gasteiger partial charge in [0.15, 0.2) is 8.07 Å². The van der Waals surface area contributed by atoms with Crippen LogP contribution in [0.2, 0.25) is 0 Å². The first kappa shape index (κ1) is 36.8. The molecule has 296 valence electrons. The number of hydrogen-bond acceptors (Lipinski definition) is 0. The summed E-state index contributed by atoms with van der Waals surface area (Å²) >= 11 is 0. The van der Waals surface area contributed by atoms with E-state index in [0.717, 1.165) is 11.4 Å². The molecule has 2 nitrogen and oxygen atoms in total. The number of benzene rings is 10. The van der Waals surface area contributed by atoms with E-state index in [0.29, 0.717) is 0 Å². The molecule has 10 aromatic carbocycles. The van der Waals surface area contributed by atoms with Crippen molar-refractivity contribution in [2.75, 3.05) is 0 Å². The lowest BCUT2D eigenvalue weighted by Gasteiger charge is -2.34. The Morgan fingerprint density at radius 3 is 0.937 bits per heavy atom. The van der Waals surface area contributed by atoms with Crippen molar-refractivity contribution in [3.63, 3.8) is 0 Å². The second-order valence-electron chi connectivity index (χ2n) is 16.5. The average Bonchev–Trinajstić information content (AvgIpc) is 3.88. The van der Waals surface area contributed by atoms with E-state index in [2.05, 4.69) is 264 Å². The molecular formula is C60H42N2Si. The van der Waals surface area contributed by atoms with Gasteiger partial charge in [0.25, 0.3) is 0 Å². The molecule has 0 aliphatic heterocycles. The molecule has 12 aromatic rings. The van der Waals surface area contributed by atoms with Gasteiger partial charge in [-0.15, -0.1) is 0 Å². The molecular weight excluding hydrogens is 777 g/mol. The SMILES string of the molecule is c1ccc(-c2ccc(-n3c4ccccc4c4cc([Si](c5ccccc5)(c5ccccc5)c5ccc6c(c5)c5ccccc5n6-c5ccc(-c6ccccc6)cc5)ccc43)cc2)cc1. The monoisotopic (exact) mass is 818 g/mol. The summed E-state index contributed by atoms with van der Waals surface area (Å²) in [5.41, 5.74) is 12.0. The maximum absolute atomic E-state index is 2.96. The van der Waals surface area contributed by atoms with Crippen molar-refractivity contribution in [2.24, 2.45) is 0 Å². The van der Waals surface area contributed by atoms with Crippen LogP contribution in [0.1, 0.15) is 0 Å². The topological polar surface area (TPSA) is 9.86 Å². The smallest absolute Gasteiger partial charge is 0.179 e. The van der Waals surface area contributed by atoms with Crippen LogP contribution in [-0.2, 0) is 0 Å². The molecule has 0 bridgehead atoms. The van der Waals surface area contributed by atoms with E-state index in [9.17, 15) is 0 Å². The van der Waals surface area contributed by atoms with Crippen LogP contribution in [0.15, 0.2) is 255 Å². The summed E-state index contributed by atoms with van der Waals surface area (Å²) in [5, 5.41) is 10.4. The fourth-order valence-corrected chi connectivity index (χ4v) is 15.0. The third-order valence-corrected chi connectivity index (χ3v) is 17.8. The van der Waals surface area contributed by atoms with Gasteiger partial charge in [0.05, 0.1) is 22.1 Å². The van der Waals surface area contributed by atoms with Crippen LogP contribution < -0.4 is 20.7 Å². The van der Waals surface area contributed by atoms with Gasteiger partial charge in [-0.05, 0) is 91.5 Å². The highest BCUT2D eigenvalue weighted by Gasteiger charge is 2.42. The first-order valence-electron chi connectivity index (χ1n) is 21.8. The van der Waals surface area contributed by atoms with Gasteiger partial charge in [0, 0.05) is 32.9 Å². The van der Waals surface area contributed by atoms with Gasteiger partial charge in [0.1, 0.15) is 0 Å². The molecule has 0 unspecified atom stereocenters. The molecule has 12 rings (SSSR count). The predicted octanol–water partition coefficient (Wildman–Crippen LogP) is 12.6. The Bertz CT molecular complexity index is 3330. The maximum Gasteiger partial charge on any atom is 0.179 e. The average molecular weight is 819 g/mol. The van der Waals surface area contributed by atoms with E-state index in [4.69, 9.17) is 0 Å². The second kappa shape index (κ2) is 15.2. The van der Waals surface area contributed by atoms with Crippen molar-refractivity contribution in [1.29, 1.82) is 0 Å². The fraction of sp³-hybridized carbons (Fsp3) is 0. The predicted molar refractivity (Wildman–Crippen MR) is 270 cm³/mol. The summed E-state index contributed by atoms with van der Waals surface area (Å²) in [6.07, 6.45) is 0. The van der Waals surface area contributed by atoms with Crippen molar-refractivity contribution < 1.29 is 0 Å². The zero-order chi connectivity index (χ0) is 41.7. The highest BCUT2D eigenvalue weighted by molar-refractivity contribution is 7.20. The van der Waals surface area contributed by atoms with Gasteiger partial charge in [-0.1, -0.05) is 206 Å². The number of hydrogen-bond donors (Lipinski definition) is 0. The largest absolute Gasteiger partial charge is 0.309 e. The maximum atomic E-state index is 2.53. The summed E-state index contributed by atoms with van der Waals surface area (Å²) < 4.78 is 4.87. The van der Waals surface area contributed by atoms with Gasteiger partial charge < -0.3 is 9.13 Å². The van der Waals surface area contributed by atoms with Gasteiger partial charge in [-0.25, -0.2) is 0 Å². The molecule has 0 saturated heterocycles. The first-order valence-corrected chi connectivity index (χ1v) is 23.8. The third kappa shape index (κ3) is 6.00. The van der Waals surface area contributed by atoms with Crippen LogP contribution in [0.4, 0.5) is 0 Å². The van der Waals surface area contributed by atoms with Gasteiger partial charge >= 0.3 is 0 Å². The van der Waals surface area contributed by atoms with Crippen LogP contribution in [0, 0.1) is 0 Å². The molecule has 0 amide bonds. The van der Waals surface area contributed by atoms with Crippen molar-refractivity contribution in [3.8, 4) is 33.6 Å². The summed E-state index contributed by atoms with van der Waals surface area (Å²) in [7, 11) is -2.96. The highest BCUT2D eigenvalue weighted by atomic mass is 28.3. The van der Waals surface area contributed by atoms with E-state index >= 15 is 0 Å². The Hall–Kier alpha value is -7.98. The van der Waals surface area contributed by atoms with Crippen molar-refractivity contribution in [3.05, 3.63) is 255 Å². The lowest BCUT2D eigenvalue weighted by atomic mass is 10.1. The van der Waals surface area contributed by atoms with Crippen LogP contribution in [-0.4, -0.2) is 17.2 Å². The number of para-hydroxylation sites is 2. The van der Waals surface area contributed by atoms with E-state index < -0.39 is 8.07 Å². The molecule has 0 N–H and O–H groups in total. The molecule has 0 atom stereocenters. The first-order chi connectivity index (χ1) is 31.3. The molecule has 0 spiro atoms. The third-order valence-electron chi connectivity index (χ3n) is 13.1. The summed E-state index contributed by atoms with van der Waals surface area (Å²) in [5.74, 6) is 0. The van der Waals surface area contributed by atoms with E-state index in [1.807, 2.05) is 0 Å². The molecule has 0 fully saturated rings. The molecule has 3 heteroatoms. The molecule has 0 saturated carbocycles. The van der Waals surface area contributed by atoms with Gasteiger partial charge in [-0.3, -0.25) is 0 Å². The summed E-state index contributed by atoms with van der Waals surface area (Å²) in [4.78, 5) is 0.